The van der Waals surface area contributed by atoms with Gasteiger partial charge in [-0.15, -0.1) is 0 Å². The molecule has 2 aliphatic heterocycles. The third kappa shape index (κ3) is 3.39. The van der Waals surface area contributed by atoms with Gasteiger partial charge in [0.15, 0.2) is 11.8 Å². The predicted molar refractivity (Wildman–Crippen MR) is 80.8 cm³/mol. The number of ether oxygens (including phenoxy) is 1. The molecule has 2 aliphatic rings. The average Bonchev–Trinajstić information content (AvgIpc) is 2.84. The van der Waals surface area contributed by atoms with Crippen molar-refractivity contribution < 1.29 is 41.2 Å². The van der Waals surface area contributed by atoms with Crippen LogP contribution in [-0.4, -0.2) is 51.6 Å². The first-order valence-electron chi connectivity index (χ1n) is 7.75. The van der Waals surface area contributed by atoms with Gasteiger partial charge in [0, 0.05) is 0 Å². The zero-order valence-electron chi connectivity index (χ0n) is 14.0. The van der Waals surface area contributed by atoms with Gasteiger partial charge in [0.05, 0.1) is 18.9 Å². The van der Waals surface area contributed by atoms with Crippen molar-refractivity contribution in [2.75, 3.05) is 6.61 Å². The first-order chi connectivity index (χ1) is 12.5. The van der Waals surface area contributed by atoms with E-state index in [0.29, 0.717) is 10.8 Å². The Balaban J connectivity index is 2.01. The van der Waals surface area contributed by atoms with E-state index in [1.54, 1.807) is 4.98 Å². The highest BCUT2D eigenvalue weighted by Crippen LogP contribution is 2.61. The Bertz CT molecular complexity index is 889. The molecule has 3 heterocycles. The molecule has 0 spiro atoms. The number of aromatic nitrogens is 2. The topological polar surface area (TPSA) is 129 Å². The normalized spacial score (nSPS) is 36.4. The molecule has 0 radical (unpaired) electrons. The number of fused-ring (bicyclic) bond motifs is 1. The van der Waals surface area contributed by atoms with Crippen LogP contribution in [0.4, 0.5) is 13.2 Å². The van der Waals surface area contributed by atoms with E-state index in [4.69, 9.17) is 18.3 Å². The number of aliphatic hydroxyl groups is 1. The Labute approximate surface area is 149 Å². The van der Waals surface area contributed by atoms with Gasteiger partial charge in [-0.1, -0.05) is 0 Å². The van der Waals surface area contributed by atoms with Crippen molar-refractivity contribution in [1.82, 2.24) is 9.55 Å². The van der Waals surface area contributed by atoms with E-state index in [1.807, 2.05) is 0 Å². The lowest BCUT2D eigenvalue weighted by atomic mass is 9.96. The van der Waals surface area contributed by atoms with Gasteiger partial charge in [-0.05, 0) is 13.8 Å². The maximum absolute atomic E-state index is 13.7. The van der Waals surface area contributed by atoms with Gasteiger partial charge in [0.25, 0.3) is 12.0 Å². The average molecular weight is 416 g/mol. The summed E-state index contributed by atoms with van der Waals surface area (Å²) in [6.45, 7) is 2.01. The quantitative estimate of drug-likeness (QED) is 0.680. The summed E-state index contributed by atoms with van der Waals surface area (Å²) in [5, 5.41) is 10.4. The number of hydrogen-bond donors (Lipinski definition) is 2. The molecule has 3 rings (SSSR count). The number of nitrogens with one attached hydrogen (secondary N) is 1. The molecule has 2 fully saturated rings. The smallest absolute Gasteiger partial charge is 0.386 e. The highest BCUT2D eigenvalue weighted by atomic mass is 31.2. The maximum Gasteiger partial charge on any atom is 0.475 e. The predicted octanol–water partition coefficient (Wildman–Crippen LogP) is 0.518. The van der Waals surface area contributed by atoms with Crippen molar-refractivity contribution in [2.24, 2.45) is 0 Å². The Morgan fingerprint density at radius 1 is 1.44 bits per heavy atom. The summed E-state index contributed by atoms with van der Waals surface area (Å²) in [5.41, 5.74) is -5.14. The molecule has 0 bridgehead atoms. The molecule has 1 aromatic heterocycles. The van der Waals surface area contributed by atoms with E-state index in [2.05, 4.69) is 0 Å². The number of aliphatic hydroxyl groups excluding tert-OH is 1. The van der Waals surface area contributed by atoms with Gasteiger partial charge in [0.2, 0.25) is 5.82 Å². The third-order valence-corrected chi connectivity index (χ3v) is 5.63. The lowest BCUT2D eigenvalue weighted by Crippen LogP contribution is -2.56. The number of halogens is 3. The fourth-order valence-corrected chi connectivity index (χ4v) is 4.47. The van der Waals surface area contributed by atoms with Crippen molar-refractivity contribution in [3.8, 4) is 0 Å². The molecular weight excluding hydrogens is 400 g/mol. The summed E-state index contributed by atoms with van der Waals surface area (Å²) in [5.74, 6) is -1.41. The number of nitrogens with zero attached hydrogens (tertiary/aromatic N) is 1. The first kappa shape index (κ1) is 20.2. The second-order valence-electron chi connectivity index (χ2n) is 6.30. The third-order valence-electron chi connectivity index (χ3n) is 4.02. The van der Waals surface area contributed by atoms with Crippen LogP contribution in [0.5, 0.6) is 0 Å². The van der Waals surface area contributed by atoms with E-state index < -0.39 is 68.1 Å². The second-order valence-corrected chi connectivity index (χ2v) is 7.87. The molecule has 5 atom stereocenters. The standard InChI is InChI=1S/C13H16F3N2O8P/c1-5(2)25-27(22)23-4-13(11(15)16)8(26-27)7(19)10(24-13)18-3-6(14)9(20)17-12(18)21/h3,5,7-8,10-11,19H,4H2,1-2H3,(H,17,20,21)/t7?,8-,10?,13+,27?/m0/s1. The number of phosphoric acid groups is 1. The second kappa shape index (κ2) is 6.83. The van der Waals surface area contributed by atoms with E-state index in [1.165, 1.54) is 13.8 Å². The summed E-state index contributed by atoms with van der Waals surface area (Å²) in [6.07, 6.45) is -9.30. The van der Waals surface area contributed by atoms with Crippen LogP contribution in [0.2, 0.25) is 0 Å². The van der Waals surface area contributed by atoms with Crippen LogP contribution in [0.25, 0.3) is 0 Å². The monoisotopic (exact) mass is 416 g/mol. The van der Waals surface area contributed by atoms with Gasteiger partial charge in [-0.3, -0.25) is 27.9 Å². The zero-order valence-corrected chi connectivity index (χ0v) is 14.9. The lowest BCUT2D eigenvalue weighted by molar-refractivity contribution is -0.208. The van der Waals surface area contributed by atoms with Gasteiger partial charge >= 0.3 is 13.5 Å². The van der Waals surface area contributed by atoms with Crippen LogP contribution in [0.1, 0.15) is 20.1 Å². The minimum atomic E-state index is -4.30. The molecule has 0 aliphatic carbocycles. The van der Waals surface area contributed by atoms with Crippen molar-refractivity contribution in [1.29, 1.82) is 0 Å². The Hall–Kier alpha value is -1.50. The van der Waals surface area contributed by atoms with E-state index in [9.17, 15) is 32.4 Å². The number of hydrogen-bond acceptors (Lipinski definition) is 8. The Morgan fingerprint density at radius 3 is 2.70 bits per heavy atom. The van der Waals surface area contributed by atoms with Gasteiger partial charge in [0.1, 0.15) is 12.2 Å². The summed E-state index contributed by atoms with van der Waals surface area (Å²) >= 11 is 0. The molecule has 14 heteroatoms. The Kier molecular flexibility index (Phi) is 5.12. The Morgan fingerprint density at radius 2 is 2.11 bits per heavy atom. The number of alkyl halides is 2. The van der Waals surface area contributed by atoms with E-state index in [0.717, 1.165) is 0 Å². The van der Waals surface area contributed by atoms with Gasteiger partial charge in [-0.25, -0.2) is 18.1 Å². The zero-order chi connectivity index (χ0) is 20.1. The molecule has 1 aromatic rings. The van der Waals surface area contributed by atoms with Crippen LogP contribution < -0.4 is 11.2 Å². The molecular formula is C13H16F3N2O8P. The van der Waals surface area contributed by atoms with Crippen molar-refractivity contribution in [2.45, 2.75) is 50.4 Å². The van der Waals surface area contributed by atoms with Gasteiger partial charge in [-0.2, -0.15) is 4.39 Å². The first-order valence-corrected chi connectivity index (χ1v) is 9.21. The SMILES string of the molecule is CC(C)OP1(=O)OC[C@@]2(C(F)F)OC(n3cc(F)c(=O)[nH]c3=O)C(O)[C@@H]2O1. The molecule has 2 saturated heterocycles. The minimum Gasteiger partial charge on any atom is -0.386 e. The molecule has 0 saturated carbocycles. The van der Waals surface area contributed by atoms with E-state index in [-0.39, 0.29) is 0 Å². The van der Waals surface area contributed by atoms with Crippen LogP contribution in [0.3, 0.4) is 0 Å². The van der Waals surface area contributed by atoms with Crippen LogP contribution >= 0.6 is 7.82 Å². The summed E-state index contributed by atoms with van der Waals surface area (Å²) < 4.78 is 73.8. The van der Waals surface area contributed by atoms with Crippen LogP contribution in [0.15, 0.2) is 15.8 Å². The number of phosphoric ester groups is 1. The molecule has 2 N–H and O–H groups in total. The number of rotatable bonds is 4. The summed E-state index contributed by atoms with van der Waals surface area (Å²) in [4.78, 5) is 24.6. The molecule has 0 aromatic carbocycles. The fourth-order valence-electron chi connectivity index (χ4n) is 2.84. The van der Waals surface area contributed by atoms with E-state index >= 15 is 0 Å². The largest absolute Gasteiger partial charge is 0.475 e. The van der Waals surface area contributed by atoms with Crippen molar-refractivity contribution >= 4 is 7.82 Å². The summed E-state index contributed by atoms with van der Waals surface area (Å²) in [7, 11) is -4.30. The molecule has 27 heavy (non-hydrogen) atoms. The minimum absolute atomic E-state index is 0.390. The molecule has 3 unspecified atom stereocenters. The molecule has 0 amide bonds. The van der Waals surface area contributed by atoms with Crippen molar-refractivity contribution in [3.05, 3.63) is 32.9 Å². The van der Waals surface area contributed by atoms with Gasteiger partial charge < -0.3 is 9.84 Å². The lowest BCUT2D eigenvalue weighted by Gasteiger charge is -2.39. The number of H-pyrrole nitrogens is 1. The fraction of sp³-hybridized carbons (Fsp3) is 0.692. The highest BCUT2D eigenvalue weighted by molar-refractivity contribution is 7.48. The summed E-state index contributed by atoms with van der Waals surface area (Å²) in [6, 6.07) is 0. The number of aromatic amines is 1. The maximum atomic E-state index is 13.7. The molecule has 10 nitrogen and oxygen atoms in total. The highest BCUT2D eigenvalue weighted by Gasteiger charge is 2.67. The van der Waals surface area contributed by atoms with Crippen LogP contribution in [0, 0.1) is 5.82 Å². The van der Waals surface area contributed by atoms with Crippen molar-refractivity contribution in [3.63, 3.8) is 0 Å². The van der Waals surface area contributed by atoms with Crippen LogP contribution in [-0.2, 0) is 22.9 Å². The molecule has 152 valence electrons.